The molecule has 0 N–H and O–H groups in total. The lowest BCUT2D eigenvalue weighted by molar-refractivity contribution is 0.00951. The number of carbonyl (C=O) groups excluding carboxylic acids is 1. The summed E-state index contributed by atoms with van der Waals surface area (Å²) in [6, 6.07) is 18.7. The van der Waals surface area contributed by atoms with E-state index in [4.69, 9.17) is 14.7 Å². The van der Waals surface area contributed by atoms with E-state index in [1.807, 2.05) is 44.7 Å². The molecular formula is C34H39N5O2. The summed E-state index contributed by atoms with van der Waals surface area (Å²) in [5, 5.41) is 9.93. The van der Waals surface area contributed by atoms with Crippen molar-refractivity contribution in [3.8, 4) is 17.2 Å². The van der Waals surface area contributed by atoms with Crippen LogP contribution in [-0.4, -0.2) is 37.7 Å². The zero-order valence-electron chi connectivity index (χ0n) is 25.0. The summed E-state index contributed by atoms with van der Waals surface area (Å²) in [6.45, 7) is 13.2. The average molecular weight is 550 g/mol. The Morgan fingerprint density at radius 3 is 2.51 bits per heavy atom. The molecule has 7 heteroatoms. The van der Waals surface area contributed by atoms with Crippen molar-refractivity contribution in [2.45, 2.75) is 85.4 Å². The van der Waals surface area contributed by atoms with Crippen molar-refractivity contribution in [1.82, 2.24) is 19.4 Å². The fourth-order valence-electron chi connectivity index (χ4n) is 5.78. The molecule has 0 bridgehead atoms. The summed E-state index contributed by atoms with van der Waals surface area (Å²) in [7, 11) is 0. The molecule has 0 spiro atoms. The lowest BCUT2D eigenvalue weighted by atomic mass is 9.90. The van der Waals surface area contributed by atoms with Gasteiger partial charge in [-0.15, -0.1) is 0 Å². The van der Waals surface area contributed by atoms with Gasteiger partial charge in [0.1, 0.15) is 16.9 Å². The monoisotopic (exact) mass is 549 g/mol. The number of rotatable bonds is 5. The highest BCUT2D eigenvalue weighted by atomic mass is 16.6. The number of pyridine rings is 1. The lowest BCUT2D eigenvalue weighted by Gasteiger charge is -2.37. The third-order valence-electron chi connectivity index (χ3n) is 7.70. The van der Waals surface area contributed by atoms with Gasteiger partial charge < -0.3 is 14.2 Å². The van der Waals surface area contributed by atoms with Gasteiger partial charge in [0.05, 0.1) is 24.2 Å². The molecule has 1 saturated heterocycles. The topological polar surface area (TPSA) is 84.0 Å². The largest absolute Gasteiger partial charge is 0.444 e. The van der Waals surface area contributed by atoms with Gasteiger partial charge in [0.2, 0.25) is 0 Å². The maximum absolute atomic E-state index is 13.0. The number of ether oxygens (including phenoxy) is 1. The first-order valence-corrected chi connectivity index (χ1v) is 14.5. The number of fused-ring (bicyclic) bond motifs is 1. The van der Waals surface area contributed by atoms with E-state index in [0.717, 1.165) is 76.2 Å². The van der Waals surface area contributed by atoms with Crippen LogP contribution in [0.1, 0.15) is 86.8 Å². The van der Waals surface area contributed by atoms with Crippen LogP contribution in [0.25, 0.3) is 22.3 Å². The van der Waals surface area contributed by atoms with Crippen LogP contribution >= 0.6 is 0 Å². The number of likely N-dealkylation sites (tertiary alicyclic amines) is 1. The van der Waals surface area contributed by atoms with Crippen LogP contribution in [0.5, 0.6) is 0 Å². The van der Waals surface area contributed by atoms with Crippen LogP contribution in [0.4, 0.5) is 4.79 Å². The van der Waals surface area contributed by atoms with Gasteiger partial charge >= 0.3 is 6.09 Å². The van der Waals surface area contributed by atoms with E-state index in [9.17, 15) is 10.1 Å². The molecule has 2 aromatic heterocycles. The van der Waals surface area contributed by atoms with Crippen molar-refractivity contribution in [2.24, 2.45) is 0 Å². The summed E-state index contributed by atoms with van der Waals surface area (Å²) >= 11 is 0. The molecule has 1 aliphatic heterocycles. The Bertz CT molecular complexity index is 1620. The van der Waals surface area contributed by atoms with Crippen LogP contribution in [0.3, 0.4) is 0 Å². The van der Waals surface area contributed by atoms with Gasteiger partial charge in [0.15, 0.2) is 5.65 Å². The van der Waals surface area contributed by atoms with E-state index in [1.165, 1.54) is 0 Å². The zero-order valence-corrected chi connectivity index (χ0v) is 25.0. The van der Waals surface area contributed by atoms with Gasteiger partial charge in [-0.3, -0.25) is 0 Å². The maximum Gasteiger partial charge on any atom is 0.410 e. The van der Waals surface area contributed by atoms with Crippen LogP contribution in [0.15, 0.2) is 48.5 Å². The summed E-state index contributed by atoms with van der Waals surface area (Å²) < 4.78 is 7.93. The molecule has 0 aliphatic carbocycles. The molecule has 0 saturated carbocycles. The summed E-state index contributed by atoms with van der Waals surface area (Å²) in [5.74, 6) is 1.02. The SMILES string of the molecule is CCc1nc2c(C)cc(C)nc2n1Cc1ccc(-c2cc(C3CCCCN3C(=O)OC(C)(C)C)ccc2C#N)cc1. The molecule has 7 nitrogen and oxygen atoms in total. The number of aromatic nitrogens is 3. The number of hydrogen-bond acceptors (Lipinski definition) is 5. The van der Waals surface area contributed by atoms with Crippen molar-refractivity contribution in [3.05, 3.63) is 82.3 Å². The molecule has 1 unspecified atom stereocenters. The average Bonchev–Trinajstić information content (AvgIpc) is 3.29. The second kappa shape index (κ2) is 11.4. The van der Waals surface area contributed by atoms with E-state index in [1.54, 1.807) is 0 Å². The van der Waals surface area contributed by atoms with Gasteiger partial charge in [-0.05, 0) is 99.9 Å². The number of piperidine rings is 1. The predicted octanol–water partition coefficient (Wildman–Crippen LogP) is 7.66. The molecule has 41 heavy (non-hydrogen) atoms. The number of imidazole rings is 1. The molecule has 2 aromatic carbocycles. The molecule has 212 valence electrons. The van der Waals surface area contributed by atoms with Crippen LogP contribution in [-0.2, 0) is 17.7 Å². The third-order valence-corrected chi connectivity index (χ3v) is 7.70. The van der Waals surface area contributed by atoms with Crippen LogP contribution in [0, 0.1) is 25.2 Å². The van der Waals surface area contributed by atoms with Crippen molar-refractivity contribution in [1.29, 1.82) is 5.26 Å². The number of aryl methyl sites for hydroxylation is 3. The minimum absolute atomic E-state index is 0.0780. The molecule has 1 atom stereocenters. The predicted molar refractivity (Wildman–Crippen MR) is 162 cm³/mol. The Labute approximate surface area is 242 Å². The molecule has 0 radical (unpaired) electrons. The minimum Gasteiger partial charge on any atom is -0.444 e. The second-order valence-corrected chi connectivity index (χ2v) is 12.0. The third kappa shape index (κ3) is 5.97. The first-order valence-electron chi connectivity index (χ1n) is 14.5. The minimum atomic E-state index is -0.550. The zero-order chi connectivity index (χ0) is 29.3. The first kappa shape index (κ1) is 28.4. The molecule has 1 amide bonds. The summed E-state index contributed by atoms with van der Waals surface area (Å²) in [4.78, 5) is 24.6. The number of benzene rings is 2. The Morgan fingerprint density at radius 1 is 1.07 bits per heavy atom. The van der Waals surface area contributed by atoms with Crippen molar-refractivity contribution in [2.75, 3.05) is 6.54 Å². The highest BCUT2D eigenvalue weighted by Crippen LogP contribution is 2.35. The quantitative estimate of drug-likeness (QED) is 0.255. The number of carbonyl (C=O) groups is 1. The van der Waals surface area contributed by atoms with Gasteiger partial charge in [0.25, 0.3) is 0 Å². The van der Waals surface area contributed by atoms with E-state index in [0.29, 0.717) is 18.7 Å². The number of nitriles is 1. The Morgan fingerprint density at radius 2 is 1.83 bits per heavy atom. The van der Waals surface area contributed by atoms with Gasteiger partial charge in [-0.1, -0.05) is 37.3 Å². The Hall–Kier alpha value is -4.18. The van der Waals surface area contributed by atoms with E-state index < -0.39 is 5.60 Å². The van der Waals surface area contributed by atoms with Gasteiger partial charge in [-0.2, -0.15) is 5.26 Å². The van der Waals surface area contributed by atoms with E-state index in [-0.39, 0.29) is 12.1 Å². The normalized spacial score (nSPS) is 15.6. The van der Waals surface area contributed by atoms with Crippen molar-refractivity contribution < 1.29 is 9.53 Å². The van der Waals surface area contributed by atoms with E-state index >= 15 is 0 Å². The highest BCUT2D eigenvalue weighted by Gasteiger charge is 2.32. The van der Waals surface area contributed by atoms with Gasteiger partial charge in [0, 0.05) is 18.7 Å². The molecular weight excluding hydrogens is 510 g/mol. The Kier molecular flexibility index (Phi) is 7.86. The molecule has 4 aromatic rings. The first-order chi connectivity index (χ1) is 19.6. The summed E-state index contributed by atoms with van der Waals surface area (Å²) in [6.07, 6.45) is 3.42. The van der Waals surface area contributed by atoms with Gasteiger partial charge in [-0.25, -0.2) is 14.8 Å². The Balaban J connectivity index is 1.45. The molecule has 3 heterocycles. The fraction of sp³-hybridized carbons (Fsp3) is 0.412. The standard InChI is InChI=1S/C34H39N5O2/c1-7-30-37-31-22(2)18-23(3)36-32(31)39(30)21-24-11-13-25(14-12-24)28-19-26(15-16-27(28)20-35)29-10-8-9-17-38(29)33(40)41-34(4,5)6/h11-16,18-19,29H,7-10,17,21H2,1-6H3. The number of hydrogen-bond donors (Lipinski definition) is 0. The highest BCUT2D eigenvalue weighted by molar-refractivity contribution is 5.76. The smallest absolute Gasteiger partial charge is 0.410 e. The molecule has 1 fully saturated rings. The van der Waals surface area contributed by atoms with E-state index in [2.05, 4.69) is 60.9 Å². The molecule has 5 rings (SSSR count). The maximum atomic E-state index is 13.0. The second-order valence-electron chi connectivity index (χ2n) is 12.0. The number of nitrogens with zero attached hydrogens (tertiary/aromatic N) is 5. The van der Waals surface area contributed by atoms with Crippen LogP contribution in [0.2, 0.25) is 0 Å². The van der Waals surface area contributed by atoms with Crippen molar-refractivity contribution >= 4 is 17.3 Å². The van der Waals surface area contributed by atoms with Crippen LogP contribution < -0.4 is 0 Å². The fourth-order valence-corrected chi connectivity index (χ4v) is 5.78. The summed E-state index contributed by atoms with van der Waals surface area (Å²) in [5.41, 5.74) is 8.10. The number of amides is 1. The molecule has 1 aliphatic rings. The van der Waals surface area contributed by atoms with Crippen molar-refractivity contribution in [3.63, 3.8) is 0 Å². The lowest BCUT2D eigenvalue weighted by Crippen LogP contribution is -2.41.